The van der Waals surface area contributed by atoms with Crippen LogP contribution in [0, 0.1) is 11.7 Å². The molecular formula is C28H34ClFN6O. The maximum absolute atomic E-state index is 13.5. The minimum absolute atomic E-state index is 0.0741. The zero-order valence-electron chi connectivity index (χ0n) is 21.3. The lowest BCUT2D eigenvalue weighted by atomic mass is 9.86. The zero-order chi connectivity index (χ0) is 26.2. The molecule has 3 N–H and O–H groups in total. The Morgan fingerprint density at radius 2 is 1.86 bits per heavy atom. The molecule has 1 aliphatic carbocycles. The van der Waals surface area contributed by atoms with Crippen LogP contribution in [0.5, 0.6) is 0 Å². The van der Waals surface area contributed by atoms with Crippen LogP contribution in [0.1, 0.15) is 31.2 Å². The normalized spacial score (nSPS) is 17.4. The average molecular weight is 525 g/mol. The van der Waals surface area contributed by atoms with E-state index in [4.69, 9.17) is 16.6 Å². The van der Waals surface area contributed by atoms with Gasteiger partial charge in [-0.25, -0.2) is 14.4 Å². The van der Waals surface area contributed by atoms with Gasteiger partial charge in [0.05, 0.1) is 17.3 Å². The fourth-order valence-corrected chi connectivity index (χ4v) is 4.76. The summed E-state index contributed by atoms with van der Waals surface area (Å²) in [7, 11) is 3.79. The van der Waals surface area contributed by atoms with Crippen LogP contribution in [0.15, 0.2) is 54.7 Å². The number of benzene rings is 1. The molecule has 0 unspecified atom stereocenters. The summed E-state index contributed by atoms with van der Waals surface area (Å²) in [5.41, 5.74) is 2.37. The van der Waals surface area contributed by atoms with Crippen molar-refractivity contribution in [2.24, 2.45) is 5.92 Å². The van der Waals surface area contributed by atoms with E-state index >= 15 is 0 Å². The van der Waals surface area contributed by atoms with Crippen molar-refractivity contribution in [3.05, 3.63) is 71.1 Å². The highest BCUT2D eigenvalue weighted by molar-refractivity contribution is 6.33. The number of nitrogens with zero attached hydrogens (tertiary/aromatic N) is 3. The molecule has 196 valence electrons. The predicted octanol–water partition coefficient (Wildman–Crippen LogP) is 5.20. The minimum Gasteiger partial charge on any atom is -0.367 e. The highest BCUT2D eigenvalue weighted by Crippen LogP contribution is 2.31. The number of carbonyl (C=O) groups excluding carboxylic acids is 1. The number of hydrogen-bond donors (Lipinski definition) is 3. The summed E-state index contributed by atoms with van der Waals surface area (Å²) >= 11 is 6.50. The van der Waals surface area contributed by atoms with Crippen molar-refractivity contribution in [1.29, 1.82) is 0 Å². The van der Waals surface area contributed by atoms with Crippen molar-refractivity contribution < 1.29 is 9.18 Å². The summed E-state index contributed by atoms with van der Waals surface area (Å²) in [6.45, 7) is 1.62. The standard InChI is InChI=1S/C28H34ClFN6O/c1-36(2)18-28(37)33-15-19-9-11-22(12-10-19)34-27-14-23(24(29)17-32-27)25-7-4-8-26(35-25)31-16-20-5-3-6-21(30)13-20/h3-8,13-14,17,19,22H,9-12,15-16,18H2,1-2H3,(H,31,35)(H,32,34)(H,33,37). The largest absolute Gasteiger partial charge is 0.367 e. The molecule has 3 aromatic rings. The maximum Gasteiger partial charge on any atom is 0.234 e. The first-order valence-electron chi connectivity index (χ1n) is 12.6. The van der Waals surface area contributed by atoms with E-state index in [-0.39, 0.29) is 11.7 Å². The number of carbonyl (C=O) groups is 1. The fourth-order valence-electron chi connectivity index (χ4n) is 4.56. The second-order valence-electron chi connectivity index (χ2n) is 9.84. The van der Waals surface area contributed by atoms with Gasteiger partial charge in [0, 0.05) is 30.9 Å². The Hall–Kier alpha value is -3.23. The van der Waals surface area contributed by atoms with Crippen LogP contribution >= 0.6 is 11.6 Å². The van der Waals surface area contributed by atoms with Crippen molar-refractivity contribution in [3.63, 3.8) is 0 Å². The van der Waals surface area contributed by atoms with Crippen molar-refractivity contribution in [2.75, 3.05) is 37.8 Å². The number of likely N-dealkylation sites (N-methyl/N-ethyl adjacent to an activating group) is 1. The van der Waals surface area contributed by atoms with Crippen LogP contribution < -0.4 is 16.0 Å². The second kappa shape index (κ2) is 12.8. The fraction of sp³-hybridized carbons (Fsp3) is 0.393. The third-order valence-corrected chi connectivity index (χ3v) is 6.79. The summed E-state index contributed by atoms with van der Waals surface area (Å²) < 4.78 is 13.5. The minimum atomic E-state index is -0.259. The SMILES string of the molecule is CN(C)CC(=O)NCC1CCC(Nc2cc(-c3cccc(NCc4cccc(F)c4)n3)c(Cl)cn2)CC1. The molecule has 4 rings (SSSR count). The molecule has 0 radical (unpaired) electrons. The lowest BCUT2D eigenvalue weighted by Crippen LogP contribution is -2.38. The van der Waals surface area contributed by atoms with Crippen LogP contribution in [0.25, 0.3) is 11.3 Å². The highest BCUT2D eigenvalue weighted by Gasteiger charge is 2.22. The Morgan fingerprint density at radius 1 is 1.08 bits per heavy atom. The van der Waals surface area contributed by atoms with E-state index in [1.807, 2.05) is 49.3 Å². The van der Waals surface area contributed by atoms with Crippen molar-refractivity contribution in [1.82, 2.24) is 20.2 Å². The Labute approximate surface area is 222 Å². The molecule has 37 heavy (non-hydrogen) atoms. The van der Waals surface area contributed by atoms with Crippen molar-refractivity contribution in [3.8, 4) is 11.3 Å². The van der Waals surface area contributed by atoms with Gasteiger partial charge in [0.25, 0.3) is 0 Å². The van der Waals surface area contributed by atoms with Gasteiger partial charge in [-0.1, -0.05) is 29.8 Å². The summed E-state index contributed by atoms with van der Waals surface area (Å²) in [5, 5.41) is 10.4. The Bertz CT molecular complexity index is 1200. The van der Waals surface area contributed by atoms with E-state index in [9.17, 15) is 9.18 Å². The molecule has 2 aromatic heterocycles. The third-order valence-electron chi connectivity index (χ3n) is 6.49. The molecule has 0 aliphatic heterocycles. The first-order valence-corrected chi connectivity index (χ1v) is 13.0. The first kappa shape index (κ1) is 26.8. The quantitative estimate of drug-likeness (QED) is 0.338. The van der Waals surface area contributed by atoms with Crippen LogP contribution in [0.4, 0.5) is 16.0 Å². The van der Waals surface area contributed by atoms with E-state index in [0.29, 0.717) is 35.9 Å². The first-order chi connectivity index (χ1) is 17.9. The molecule has 0 atom stereocenters. The van der Waals surface area contributed by atoms with Gasteiger partial charge in [0.15, 0.2) is 0 Å². The summed E-state index contributed by atoms with van der Waals surface area (Å²) in [6, 6.07) is 14.5. The molecule has 1 fully saturated rings. The highest BCUT2D eigenvalue weighted by atomic mass is 35.5. The molecule has 1 amide bonds. The lowest BCUT2D eigenvalue weighted by Gasteiger charge is -2.29. The van der Waals surface area contributed by atoms with Crippen LogP contribution in [-0.2, 0) is 11.3 Å². The molecule has 1 saturated carbocycles. The van der Waals surface area contributed by atoms with E-state index in [0.717, 1.165) is 54.9 Å². The molecular weight excluding hydrogens is 491 g/mol. The summed E-state index contributed by atoms with van der Waals surface area (Å²) in [5.74, 6) is 1.77. The second-order valence-corrected chi connectivity index (χ2v) is 10.3. The number of rotatable bonds is 10. The predicted molar refractivity (Wildman–Crippen MR) is 147 cm³/mol. The van der Waals surface area contributed by atoms with Gasteiger partial charge in [-0.3, -0.25) is 4.79 Å². The molecule has 0 bridgehead atoms. The Kier molecular flexibility index (Phi) is 9.30. The molecule has 1 aromatic carbocycles. The van der Waals surface area contributed by atoms with Crippen LogP contribution in [0.2, 0.25) is 5.02 Å². The van der Waals surface area contributed by atoms with E-state index in [2.05, 4.69) is 20.9 Å². The van der Waals surface area contributed by atoms with Gasteiger partial charge in [0.2, 0.25) is 5.91 Å². The summed E-state index contributed by atoms with van der Waals surface area (Å²) in [6.07, 6.45) is 5.80. The smallest absolute Gasteiger partial charge is 0.234 e. The topological polar surface area (TPSA) is 82.2 Å². The van der Waals surface area contributed by atoms with E-state index in [1.54, 1.807) is 12.3 Å². The van der Waals surface area contributed by atoms with Gasteiger partial charge in [-0.15, -0.1) is 0 Å². The number of aromatic nitrogens is 2. The summed E-state index contributed by atoms with van der Waals surface area (Å²) in [4.78, 5) is 23.0. The number of amides is 1. The lowest BCUT2D eigenvalue weighted by molar-refractivity contribution is -0.121. The average Bonchev–Trinajstić information content (AvgIpc) is 2.88. The van der Waals surface area contributed by atoms with Gasteiger partial charge in [0.1, 0.15) is 17.5 Å². The van der Waals surface area contributed by atoms with Crippen molar-refractivity contribution in [2.45, 2.75) is 38.3 Å². The monoisotopic (exact) mass is 524 g/mol. The Morgan fingerprint density at radius 3 is 2.62 bits per heavy atom. The van der Waals surface area contributed by atoms with Gasteiger partial charge >= 0.3 is 0 Å². The van der Waals surface area contributed by atoms with E-state index in [1.165, 1.54) is 12.1 Å². The molecule has 0 spiro atoms. The molecule has 1 aliphatic rings. The van der Waals surface area contributed by atoms with Crippen LogP contribution in [0.3, 0.4) is 0 Å². The maximum atomic E-state index is 13.5. The Balaban J connectivity index is 1.33. The van der Waals surface area contributed by atoms with Gasteiger partial charge in [-0.2, -0.15) is 0 Å². The van der Waals surface area contributed by atoms with Crippen molar-refractivity contribution >= 4 is 29.1 Å². The van der Waals surface area contributed by atoms with Gasteiger partial charge < -0.3 is 20.9 Å². The zero-order valence-corrected chi connectivity index (χ0v) is 22.1. The van der Waals surface area contributed by atoms with E-state index < -0.39 is 0 Å². The molecule has 0 saturated heterocycles. The number of pyridine rings is 2. The molecule has 7 nitrogen and oxygen atoms in total. The number of nitrogens with one attached hydrogen (secondary N) is 3. The molecule has 2 heterocycles. The number of anilines is 2. The number of halogens is 2. The molecule has 9 heteroatoms. The van der Waals surface area contributed by atoms with Crippen LogP contribution in [-0.4, -0.2) is 54.0 Å². The van der Waals surface area contributed by atoms with Gasteiger partial charge in [-0.05, 0) is 81.6 Å². The number of hydrogen-bond acceptors (Lipinski definition) is 6. The third kappa shape index (κ3) is 8.13.